The van der Waals surface area contributed by atoms with E-state index in [0.29, 0.717) is 12.5 Å². The molecule has 0 radical (unpaired) electrons. The third kappa shape index (κ3) is 4.21. The van der Waals surface area contributed by atoms with E-state index in [9.17, 15) is 9.59 Å². The van der Waals surface area contributed by atoms with Crippen molar-refractivity contribution < 1.29 is 9.59 Å². The van der Waals surface area contributed by atoms with E-state index in [4.69, 9.17) is 0 Å². The average Bonchev–Trinajstić information content (AvgIpc) is 3.00. The molecule has 2 aliphatic heterocycles. The second-order valence-electron chi connectivity index (χ2n) is 7.55. The van der Waals surface area contributed by atoms with Crippen molar-refractivity contribution >= 4 is 11.8 Å². The summed E-state index contributed by atoms with van der Waals surface area (Å²) < 4.78 is 0. The van der Waals surface area contributed by atoms with Crippen LogP contribution in [0.15, 0.2) is 24.3 Å². The number of amides is 2. The average molecular weight is 343 g/mol. The molecule has 0 spiro atoms. The SMILES string of the molecule is CC(=O)N[C@H](CC(=O)N1C[C@H]2CCCN2C[C@H]1C)c1ccc(C)cc1. The number of fused-ring (bicyclic) bond motifs is 1. The lowest BCUT2D eigenvalue weighted by molar-refractivity contribution is -0.137. The van der Waals surface area contributed by atoms with E-state index >= 15 is 0 Å². The lowest BCUT2D eigenvalue weighted by atomic mass is 10.00. The molecule has 3 rings (SSSR count). The van der Waals surface area contributed by atoms with Crippen molar-refractivity contribution in [1.82, 2.24) is 15.1 Å². The Labute approximate surface area is 150 Å². The molecular formula is C20H29N3O2. The predicted molar refractivity (Wildman–Crippen MR) is 98.1 cm³/mol. The van der Waals surface area contributed by atoms with Crippen molar-refractivity contribution in [2.45, 2.75) is 58.2 Å². The zero-order valence-electron chi connectivity index (χ0n) is 15.5. The van der Waals surface area contributed by atoms with Crippen molar-refractivity contribution in [2.75, 3.05) is 19.6 Å². The van der Waals surface area contributed by atoms with Crippen LogP contribution in [0.2, 0.25) is 0 Å². The van der Waals surface area contributed by atoms with Gasteiger partial charge in [0.05, 0.1) is 12.5 Å². The maximum absolute atomic E-state index is 13.0. The number of piperazine rings is 1. The molecule has 25 heavy (non-hydrogen) atoms. The number of carbonyl (C=O) groups excluding carboxylic acids is 2. The molecule has 0 aromatic heterocycles. The highest BCUT2D eigenvalue weighted by atomic mass is 16.2. The van der Waals surface area contributed by atoms with Crippen LogP contribution in [0.4, 0.5) is 0 Å². The summed E-state index contributed by atoms with van der Waals surface area (Å²) in [4.78, 5) is 29.1. The van der Waals surface area contributed by atoms with Gasteiger partial charge < -0.3 is 10.2 Å². The molecule has 136 valence electrons. The fourth-order valence-corrected chi connectivity index (χ4v) is 4.12. The van der Waals surface area contributed by atoms with Gasteiger partial charge in [0.1, 0.15) is 0 Å². The summed E-state index contributed by atoms with van der Waals surface area (Å²) in [5.41, 5.74) is 2.16. The summed E-state index contributed by atoms with van der Waals surface area (Å²) in [6, 6.07) is 8.53. The number of hydrogen-bond acceptors (Lipinski definition) is 3. The topological polar surface area (TPSA) is 52.7 Å². The summed E-state index contributed by atoms with van der Waals surface area (Å²) in [5.74, 6) is 0.0328. The number of benzene rings is 1. The lowest BCUT2D eigenvalue weighted by Crippen LogP contribution is -2.57. The van der Waals surface area contributed by atoms with E-state index in [1.807, 2.05) is 36.1 Å². The van der Waals surface area contributed by atoms with Crippen molar-refractivity contribution in [2.24, 2.45) is 0 Å². The second-order valence-corrected chi connectivity index (χ2v) is 7.55. The fourth-order valence-electron chi connectivity index (χ4n) is 4.12. The Morgan fingerprint density at radius 3 is 2.64 bits per heavy atom. The van der Waals surface area contributed by atoms with Crippen LogP contribution in [-0.2, 0) is 9.59 Å². The van der Waals surface area contributed by atoms with Gasteiger partial charge in [-0.25, -0.2) is 0 Å². The highest BCUT2D eigenvalue weighted by Crippen LogP contribution is 2.26. The minimum atomic E-state index is -0.264. The van der Waals surface area contributed by atoms with Crippen molar-refractivity contribution in [3.8, 4) is 0 Å². The number of rotatable bonds is 4. The molecule has 2 heterocycles. The quantitative estimate of drug-likeness (QED) is 0.912. The molecule has 3 atom stereocenters. The first kappa shape index (κ1) is 17.9. The first-order valence-corrected chi connectivity index (χ1v) is 9.31. The van der Waals surface area contributed by atoms with Crippen molar-refractivity contribution in [3.05, 3.63) is 35.4 Å². The van der Waals surface area contributed by atoms with Crippen LogP contribution < -0.4 is 5.32 Å². The van der Waals surface area contributed by atoms with Crippen LogP contribution in [0.5, 0.6) is 0 Å². The third-order valence-electron chi connectivity index (χ3n) is 5.49. The van der Waals surface area contributed by atoms with Crippen LogP contribution in [0.1, 0.15) is 50.3 Å². The van der Waals surface area contributed by atoms with E-state index < -0.39 is 0 Å². The minimum absolute atomic E-state index is 0.105. The van der Waals surface area contributed by atoms with E-state index in [0.717, 1.165) is 25.2 Å². The van der Waals surface area contributed by atoms with Gasteiger partial charge in [-0.15, -0.1) is 0 Å². The Hall–Kier alpha value is -1.88. The number of carbonyl (C=O) groups is 2. The molecule has 0 unspecified atom stereocenters. The monoisotopic (exact) mass is 343 g/mol. The number of hydrogen-bond donors (Lipinski definition) is 1. The standard InChI is InChI=1S/C20H29N3O2/c1-14-6-8-17(9-7-14)19(21-16(3)24)11-20(25)23-13-18-5-4-10-22(18)12-15(23)2/h6-9,15,18-19H,4-5,10-13H2,1-3H3,(H,21,24)/t15-,18-,19-/m1/s1. The van der Waals surface area contributed by atoms with Crippen LogP contribution >= 0.6 is 0 Å². The summed E-state index contributed by atoms with van der Waals surface area (Å²) >= 11 is 0. The van der Waals surface area contributed by atoms with E-state index in [-0.39, 0.29) is 23.9 Å². The summed E-state index contributed by atoms with van der Waals surface area (Å²) in [5, 5.41) is 2.95. The van der Waals surface area contributed by atoms with Gasteiger partial charge in [0.15, 0.2) is 0 Å². The van der Waals surface area contributed by atoms with Crippen LogP contribution in [0, 0.1) is 6.92 Å². The molecule has 0 saturated carbocycles. The van der Waals surface area contributed by atoms with Crippen molar-refractivity contribution in [3.63, 3.8) is 0 Å². The van der Waals surface area contributed by atoms with Crippen LogP contribution in [0.25, 0.3) is 0 Å². The molecule has 0 aliphatic carbocycles. The summed E-state index contributed by atoms with van der Waals surface area (Å²) in [7, 11) is 0. The summed E-state index contributed by atoms with van der Waals surface area (Å²) in [6.07, 6.45) is 2.74. The van der Waals surface area contributed by atoms with Crippen molar-refractivity contribution in [1.29, 1.82) is 0 Å². The zero-order valence-corrected chi connectivity index (χ0v) is 15.5. The van der Waals surface area contributed by atoms with E-state index in [1.165, 1.54) is 25.3 Å². The zero-order chi connectivity index (χ0) is 18.0. The first-order chi connectivity index (χ1) is 11.9. The van der Waals surface area contributed by atoms with Gasteiger partial charge in [-0.05, 0) is 38.8 Å². The Kier molecular flexibility index (Phi) is 5.42. The molecular weight excluding hydrogens is 314 g/mol. The van der Waals surface area contributed by atoms with E-state index in [2.05, 4.69) is 17.1 Å². The molecule has 2 amide bonds. The van der Waals surface area contributed by atoms with Gasteiger partial charge in [0, 0.05) is 32.1 Å². The molecule has 1 aromatic carbocycles. The molecule has 2 fully saturated rings. The molecule has 2 saturated heterocycles. The Morgan fingerprint density at radius 1 is 1.24 bits per heavy atom. The third-order valence-corrected chi connectivity index (χ3v) is 5.49. The maximum Gasteiger partial charge on any atom is 0.225 e. The highest BCUT2D eigenvalue weighted by Gasteiger charge is 2.37. The van der Waals surface area contributed by atoms with Crippen LogP contribution in [-0.4, -0.2) is 53.3 Å². The Morgan fingerprint density at radius 2 is 1.96 bits per heavy atom. The number of nitrogens with one attached hydrogen (secondary N) is 1. The second kappa shape index (κ2) is 7.56. The largest absolute Gasteiger partial charge is 0.349 e. The number of nitrogens with zero attached hydrogens (tertiary/aromatic N) is 2. The molecule has 0 bridgehead atoms. The van der Waals surface area contributed by atoms with Gasteiger partial charge in [0.25, 0.3) is 0 Å². The fraction of sp³-hybridized carbons (Fsp3) is 0.600. The summed E-state index contributed by atoms with van der Waals surface area (Å²) in [6.45, 7) is 8.61. The van der Waals surface area contributed by atoms with Gasteiger partial charge in [-0.1, -0.05) is 29.8 Å². The van der Waals surface area contributed by atoms with Gasteiger partial charge in [-0.2, -0.15) is 0 Å². The highest BCUT2D eigenvalue weighted by molar-refractivity contribution is 5.79. The molecule has 2 aliphatic rings. The van der Waals surface area contributed by atoms with Gasteiger partial charge in [-0.3, -0.25) is 14.5 Å². The van der Waals surface area contributed by atoms with Crippen LogP contribution in [0.3, 0.4) is 0 Å². The Balaban J connectivity index is 1.71. The first-order valence-electron chi connectivity index (χ1n) is 9.31. The molecule has 1 N–H and O–H groups in total. The van der Waals surface area contributed by atoms with Gasteiger partial charge in [0.2, 0.25) is 11.8 Å². The Bertz CT molecular complexity index is 628. The van der Waals surface area contributed by atoms with E-state index in [1.54, 1.807) is 0 Å². The molecule has 1 aromatic rings. The maximum atomic E-state index is 13.0. The lowest BCUT2D eigenvalue weighted by Gasteiger charge is -2.42. The minimum Gasteiger partial charge on any atom is -0.349 e. The predicted octanol–water partition coefficient (Wildman–Crippen LogP) is 2.26. The molecule has 5 heteroatoms. The molecule has 5 nitrogen and oxygen atoms in total. The normalized spacial score (nSPS) is 24.7. The van der Waals surface area contributed by atoms with Gasteiger partial charge >= 0.3 is 0 Å². The number of aryl methyl sites for hydroxylation is 1. The smallest absolute Gasteiger partial charge is 0.225 e.